The minimum absolute atomic E-state index is 0.410. The molecule has 4 nitrogen and oxygen atoms in total. The third-order valence-corrected chi connectivity index (χ3v) is 3.47. The smallest absolute Gasteiger partial charge is 0.132 e. The molecule has 0 bridgehead atoms. The largest absolute Gasteiger partial charge is 0.337 e. The summed E-state index contributed by atoms with van der Waals surface area (Å²) in [4.78, 5) is 4.15. The normalized spacial score (nSPS) is 10.4. The molecule has 0 aliphatic rings. The van der Waals surface area contributed by atoms with E-state index in [9.17, 15) is 0 Å². The molecule has 0 saturated carbocycles. The van der Waals surface area contributed by atoms with Crippen LogP contribution in [0, 0.1) is 0 Å². The molecule has 0 amide bonds. The highest BCUT2D eigenvalue weighted by atomic mass is 35.5. The van der Waals surface area contributed by atoms with Gasteiger partial charge in [-0.2, -0.15) is 5.10 Å². The van der Waals surface area contributed by atoms with Crippen LogP contribution in [0.2, 0.25) is 5.15 Å². The molecule has 0 spiro atoms. The van der Waals surface area contributed by atoms with Crippen LogP contribution in [0.4, 0.5) is 5.82 Å². The predicted molar refractivity (Wildman–Crippen MR) is 93.3 cm³/mol. The second-order valence-electron chi connectivity index (χ2n) is 4.74. The number of aromatic nitrogens is 3. The lowest BCUT2D eigenvalue weighted by Gasteiger charge is -2.04. The average Bonchev–Trinajstić information content (AvgIpc) is 2.97. The zero-order valence-electron chi connectivity index (χ0n) is 11.6. The van der Waals surface area contributed by atoms with E-state index in [1.165, 1.54) is 11.1 Å². The number of anilines is 1. The predicted octanol–water partition coefficient (Wildman–Crippen LogP) is 4.02. The zero-order valence-corrected chi connectivity index (χ0v) is 13.2. The Bertz CT molecular complexity index is 786. The van der Waals surface area contributed by atoms with Crippen molar-refractivity contribution in [3.63, 3.8) is 0 Å². The Morgan fingerprint density at radius 1 is 1.18 bits per heavy atom. The van der Waals surface area contributed by atoms with Gasteiger partial charge in [0.1, 0.15) is 11.0 Å². The topological polar surface area (TPSA) is 42.7 Å². The SMILES string of the molecule is S=CNc1cc(-c2cnn(Cc3ccccc3)c2)cc(Cl)n1. The van der Waals surface area contributed by atoms with E-state index < -0.39 is 0 Å². The lowest BCUT2D eigenvalue weighted by Crippen LogP contribution is -1.99. The molecule has 0 unspecified atom stereocenters. The number of hydrogen-bond acceptors (Lipinski definition) is 3. The van der Waals surface area contributed by atoms with Gasteiger partial charge in [0.2, 0.25) is 0 Å². The second-order valence-corrected chi connectivity index (χ2v) is 5.36. The lowest BCUT2D eigenvalue weighted by atomic mass is 10.1. The fourth-order valence-electron chi connectivity index (χ4n) is 2.17. The highest BCUT2D eigenvalue weighted by molar-refractivity contribution is 7.79. The van der Waals surface area contributed by atoms with Crippen LogP contribution >= 0.6 is 23.8 Å². The fraction of sp³-hybridized carbons (Fsp3) is 0.0625. The van der Waals surface area contributed by atoms with Gasteiger partial charge in [-0.3, -0.25) is 4.68 Å². The molecule has 0 aliphatic heterocycles. The Labute approximate surface area is 138 Å². The standard InChI is InChI=1S/C16H13ClN4S/c17-15-6-13(7-16(20-15)18-11-22)14-8-19-21(10-14)9-12-4-2-1-3-5-12/h1-8,10-11H,9H2,(H,18,20,22). The fourth-order valence-corrected chi connectivity index (χ4v) is 2.50. The van der Waals surface area contributed by atoms with Crippen LogP contribution < -0.4 is 5.32 Å². The van der Waals surface area contributed by atoms with Gasteiger partial charge >= 0.3 is 0 Å². The molecule has 0 fully saturated rings. The molecule has 6 heteroatoms. The van der Waals surface area contributed by atoms with E-state index in [1.54, 1.807) is 6.07 Å². The summed E-state index contributed by atoms with van der Waals surface area (Å²) in [5.74, 6) is 0.619. The number of rotatable bonds is 5. The first-order chi connectivity index (χ1) is 10.7. The van der Waals surface area contributed by atoms with Crippen molar-refractivity contribution in [2.45, 2.75) is 6.54 Å². The number of hydrogen-bond donors (Lipinski definition) is 1. The molecule has 3 aromatic rings. The molecule has 110 valence electrons. The number of thiocarbonyl (C=S) groups is 1. The molecular formula is C16H13ClN4S. The summed E-state index contributed by atoms with van der Waals surface area (Å²) in [6.45, 7) is 0.727. The highest BCUT2D eigenvalue weighted by Gasteiger charge is 2.06. The van der Waals surface area contributed by atoms with Crippen molar-refractivity contribution in [1.82, 2.24) is 14.8 Å². The maximum atomic E-state index is 6.05. The summed E-state index contributed by atoms with van der Waals surface area (Å²) in [7, 11) is 0. The molecular weight excluding hydrogens is 316 g/mol. The molecule has 2 aromatic heterocycles. The van der Waals surface area contributed by atoms with E-state index >= 15 is 0 Å². The second kappa shape index (κ2) is 6.68. The molecule has 22 heavy (non-hydrogen) atoms. The van der Waals surface area contributed by atoms with Crippen LogP contribution in [-0.2, 0) is 6.54 Å². The highest BCUT2D eigenvalue weighted by Crippen LogP contribution is 2.24. The van der Waals surface area contributed by atoms with E-state index in [-0.39, 0.29) is 0 Å². The quantitative estimate of drug-likeness (QED) is 0.567. The van der Waals surface area contributed by atoms with Gasteiger partial charge in [0, 0.05) is 11.8 Å². The van der Waals surface area contributed by atoms with Gasteiger partial charge in [-0.25, -0.2) is 4.98 Å². The summed E-state index contributed by atoms with van der Waals surface area (Å²) in [5, 5.41) is 7.68. The molecule has 0 radical (unpaired) electrons. The van der Waals surface area contributed by atoms with Crippen molar-refractivity contribution in [3.8, 4) is 11.1 Å². The van der Waals surface area contributed by atoms with Gasteiger partial charge in [-0.15, -0.1) is 0 Å². The monoisotopic (exact) mass is 328 g/mol. The number of nitrogens with one attached hydrogen (secondary N) is 1. The van der Waals surface area contributed by atoms with Gasteiger partial charge in [-0.05, 0) is 23.3 Å². The van der Waals surface area contributed by atoms with Crippen LogP contribution in [0.25, 0.3) is 11.1 Å². The van der Waals surface area contributed by atoms with Gasteiger partial charge in [0.15, 0.2) is 0 Å². The van der Waals surface area contributed by atoms with Gasteiger partial charge < -0.3 is 5.32 Å². The number of nitrogens with zero attached hydrogens (tertiary/aromatic N) is 3. The van der Waals surface area contributed by atoms with Crippen molar-refractivity contribution < 1.29 is 0 Å². The zero-order chi connectivity index (χ0) is 15.4. The van der Waals surface area contributed by atoms with Crippen molar-refractivity contribution >= 4 is 35.1 Å². The summed E-state index contributed by atoms with van der Waals surface area (Å²) in [5.41, 5.74) is 4.53. The minimum Gasteiger partial charge on any atom is -0.337 e. The van der Waals surface area contributed by atoms with E-state index in [0.717, 1.165) is 17.7 Å². The van der Waals surface area contributed by atoms with Crippen LogP contribution in [0.1, 0.15) is 5.56 Å². The first-order valence-electron chi connectivity index (χ1n) is 6.69. The van der Waals surface area contributed by atoms with Crippen molar-refractivity contribution in [1.29, 1.82) is 0 Å². The molecule has 3 rings (SSSR count). The summed E-state index contributed by atoms with van der Waals surface area (Å²) >= 11 is 10.8. The molecule has 0 aliphatic carbocycles. The average molecular weight is 329 g/mol. The number of halogens is 1. The molecule has 1 aromatic carbocycles. The first-order valence-corrected chi connectivity index (χ1v) is 7.54. The third-order valence-electron chi connectivity index (χ3n) is 3.15. The Hall–Kier alpha value is -2.24. The van der Waals surface area contributed by atoms with Crippen LogP contribution in [0.3, 0.4) is 0 Å². The van der Waals surface area contributed by atoms with E-state index in [1.807, 2.05) is 41.3 Å². The molecule has 0 saturated heterocycles. The Morgan fingerprint density at radius 2 is 2.00 bits per heavy atom. The van der Waals surface area contributed by atoms with Crippen LogP contribution in [0.5, 0.6) is 0 Å². The van der Waals surface area contributed by atoms with E-state index in [4.69, 9.17) is 23.8 Å². The van der Waals surface area contributed by atoms with Crippen molar-refractivity contribution in [2.24, 2.45) is 0 Å². The minimum atomic E-state index is 0.410. The molecule has 1 N–H and O–H groups in total. The lowest BCUT2D eigenvalue weighted by molar-refractivity contribution is 0.687. The Morgan fingerprint density at radius 3 is 2.77 bits per heavy atom. The van der Waals surface area contributed by atoms with Crippen molar-refractivity contribution in [3.05, 3.63) is 65.6 Å². The van der Waals surface area contributed by atoms with Gasteiger partial charge in [-0.1, -0.05) is 54.2 Å². The maximum Gasteiger partial charge on any atom is 0.132 e. The summed E-state index contributed by atoms with van der Waals surface area (Å²) in [6.07, 6.45) is 3.80. The first kappa shape index (κ1) is 14.7. The summed E-state index contributed by atoms with van der Waals surface area (Å²) in [6, 6.07) is 13.9. The van der Waals surface area contributed by atoms with Crippen LogP contribution in [0.15, 0.2) is 54.9 Å². The maximum absolute atomic E-state index is 6.05. The van der Waals surface area contributed by atoms with Gasteiger partial charge in [0.05, 0.1) is 18.2 Å². The Balaban J connectivity index is 1.86. The molecule has 2 heterocycles. The molecule has 0 atom stereocenters. The number of pyridine rings is 1. The van der Waals surface area contributed by atoms with E-state index in [2.05, 4.69) is 27.5 Å². The Kier molecular flexibility index (Phi) is 4.46. The van der Waals surface area contributed by atoms with Gasteiger partial charge in [0.25, 0.3) is 0 Å². The van der Waals surface area contributed by atoms with Crippen LogP contribution in [-0.4, -0.2) is 20.3 Å². The number of benzene rings is 1. The van der Waals surface area contributed by atoms with E-state index in [0.29, 0.717) is 11.0 Å². The summed E-state index contributed by atoms with van der Waals surface area (Å²) < 4.78 is 1.89. The van der Waals surface area contributed by atoms with Crippen molar-refractivity contribution in [2.75, 3.05) is 5.32 Å². The third kappa shape index (κ3) is 3.50.